The van der Waals surface area contributed by atoms with E-state index in [1.807, 2.05) is 25.1 Å². The molecule has 1 unspecified atom stereocenters. The summed E-state index contributed by atoms with van der Waals surface area (Å²) in [4.78, 5) is 10.3. The largest absolute Gasteiger partial charge is 0.150 e. The molecule has 0 aliphatic carbocycles. The molecule has 0 spiro atoms. The van der Waals surface area contributed by atoms with E-state index in [2.05, 4.69) is 21.1 Å². The van der Waals surface area contributed by atoms with Gasteiger partial charge in [0.1, 0.15) is 6.04 Å². The van der Waals surface area contributed by atoms with E-state index in [1.165, 1.54) is 0 Å². The third kappa shape index (κ3) is 1.91. The molecule has 1 aromatic carbocycles. The molecule has 1 rings (SSSR count). The molecule has 1 atom stereocenters. The number of halogens is 1. The minimum atomic E-state index is -0.252. The van der Waals surface area contributed by atoms with Crippen LogP contribution in [0.25, 0.3) is 0 Å². The van der Waals surface area contributed by atoms with Crippen molar-refractivity contribution in [2.75, 3.05) is 0 Å². The summed E-state index contributed by atoms with van der Waals surface area (Å²) in [5.41, 5.74) is 2.09. The smallest absolute Gasteiger partial charge is 0.114 e. The predicted molar refractivity (Wildman–Crippen MR) is 53.1 cm³/mol. The molecule has 0 heterocycles. The fourth-order valence-corrected chi connectivity index (χ4v) is 1.64. The maximum Gasteiger partial charge on any atom is 0.114 e. The molecule has 64 valence electrons. The van der Waals surface area contributed by atoms with Gasteiger partial charge in [0, 0.05) is 4.47 Å². The van der Waals surface area contributed by atoms with E-state index >= 15 is 0 Å². The van der Waals surface area contributed by atoms with E-state index < -0.39 is 0 Å². The van der Waals surface area contributed by atoms with Crippen LogP contribution in [-0.2, 0) is 0 Å². The molecule has 1 aromatic rings. The predicted octanol–water partition coefficient (Wildman–Crippen LogP) is 3.58. The minimum absolute atomic E-state index is 0.252. The van der Waals surface area contributed by atoms with E-state index in [9.17, 15) is 4.91 Å². The number of hydrogen-bond acceptors (Lipinski definition) is 2. The molecule has 0 N–H and O–H groups in total. The first-order valence-electron chi connectivity index (χ1n) is 3.73. The zero-order valence-electron chi connectivity index (χ0n) is 7.04. The lowest BCUT2D eigenvalue weighted by atomic mass is 10.0. The number of aryl methyl sites for hydroxylation is 1. The molecule has 0 saturated carbocycles. The Morgan fingerprint density at radius 1 is 1.50 bits per heavy atom. The van der Waals surface area contributed by atoms with Crippen molar-refractivity contribution in [2.24, 2.45) is 5.18 Å². The summed E-state index contributed by atoms with van der Waals surface area (Å²) < 4.78 is 1.03. The van der Waals surface area contributed by atoms with Crippen LogP contribution < -0.4 is 0 Å². The van der Waals surface area contributed by atoms with Crippen molar-refractivity contribution in [2.45, 2.75) is 19.9 Å². The number of hydrogen-bond donors (Lipinski definition) is 0. The van der Waals surface area contributed by atoms with Crippen LogP contribution in [0.3, 0.4) is 0 Å². The Morgan fingerprint density at radius 3 is 2.67 bits per heavy atom. The van der Waals surface area contributed by atoms with Crippen molar-refractivity contribution in [3.63, 3.8) is 0 Å². The van der Waals surface area contributed by atoms with Gasteiger partial charge in [-0.3, -0.25) is 0 Å². The van der Waals surface area contributed by atoms with Crippen molar-refractivity contribution in [1.82, 2.24) is 0 Å². The summed E-state index contributed by atoms with van der Waals surface area (Å²) in [6.07, 6.45) is 0. The van der Waals surface area contributed by atoms with Crippen LogP contribution >= 0.6 is 15.9 Å². The molecule has 2 nitrogen and oxygen atoms in total. The Morgan fingerprint density at radius 2 is 2.17 bits per heavy atom. The highest BCUT2D eigenvalue weighted by Crippen LogP contribution is 2.23. The molecule has 0 saturated heterocycles. The second-order valence-electron chi connectivity index (χ2n) is 2.78. The zero-order chi connectivity index (χ0) is 9.14. The van der Waals surface area contributed by atoms with Crippen molar-refractivity contribution in [1.29, 1.82) is 0 Å². The lowest BCUT2D eigenvalue weighted by Gasteiger charge is -2.06. The average molecular weight is 228 g/mol. The van der Waals surface area contributed by atoms with Gasteiger partial charge >= 0.3 is 0 Å². The first kappa shape index (κ1) is 9.39. The average Bonchev–Trinajstić information content (AvgIpc) is 2.03. The highest BCUT2D eigenvalue weighted by Gasteiger charge is 2.07. The lowest BCUT2D eigenvalue weighted by Crippen LogP contribution is -1.91. The van der Waals surface area contributed by atoms with Crippen LogP contribution in [0.1, 0.15) is 24.1 Å². The maximum atomic E-state index is 10.3. The highest BCUT2D eigenvalue weighted by atomic mass is 79.9. The zero-order valence-corrected chi connectivity index (χ0v) is 8.63. The number of benzene rings is 1. The van der Waals surface area contributed by atoms with Crippen molar-refractivity contribution in [3.05, 3.63) is 38.7 Å². The quantitative estimate of drug-likeness (QED) is 0.711. The minimum Gasteiger partial charge on any atom is -0.150 e. The Labute approximate surface area is 80.1 Å². The number of nitrogens with zero attached hydrogens (tertiary/aromatic N) is 1. The first-order chi connectivity index (χ1) is 5.65. The molecule has 0 fully saturated rings. The number of nitroso groups, excluding NO2 is 1. The van der Waals surface area contributed by atoms with E-state index in [0.29, 0.717) is 0 Å². The Hall–Kier alpha value is -0.700. The molecule has 12 heavy (non-hydrogen) atoms. The molecule has 0 aliphatic heterocycles. The monoisotopic (exact) mass is 227 g/mol. The normalized spacial score (nSPS) is 12.6. The second-order valence-corrected chi connectivity index (χ2v) is 3.70. The number of rotatable bonds is 2. The fraction of sp³-hybridized carbons (Fsp3) is 0.333. The van der Waals surface area contributed by atoms with Crippen LogP contribution in [0.5, 0.6) is 0 Å². The van der Waals surface area contributed by atoms with Crippen LogP contribution in [0, 0.1) is 11.8 Å². The van der Waals surface area contributed by atoms with Crippen molar-refractivity contribution in [3.8, 4) is 0 Å². The SMILES string of the molecule is Cc1cc(Br)ccc1C(C)N=O. The standard InChI is InChI=1S/C9H10BrNO/c1-6-5-8(10)3-4-9(6)7(2)11-12/h3-5,7H,1-2H3. The summed E-state index contributed by atoms with van der Waals surface area (Å²) >= 11 is 3.36. The molecule has 0 aromatic heterocycles. The van der Waals surface area contributed by atoms with Gasteiger partial charge in [0.05, 0.1) is 0 Å². The van der Waals surface area contributed by atoms with Gasteiger partial charge in [-0.15, -0.1) is 0 Å². The lowest BCUT2D eigenvalue weighted by molar-refractivity contribution is 0.803. The summed E-state index contributed by atoms with van der Waals surface area (Å²) in [6.45, 7) is 3.77. The van der Waals surface area contributed by atoms with E-state index in [-0.39, 0.29) is 6.04 Å². The van der Waals surface area contributed by atoms with Gasteiger partial charge < -0.3 is 0 Å². The topological polar surface area (TPSA) is 29.4 Å². The van der Waals surface area contributed by atoms with E-state index in [1.54, 1.807) is 6.92 Å². The van der Waals surface area contributed by atoms with Gasteiger partial charge in [-0.2, -0.15) is 4.91 Å². The van der Waals surface area contributed by atoms with Gasteiger partial charge in [-0.25, -0.2) is 0 Å². The molecule has 0 amide bonds. The van der Waals surface area contributed by atoms with Gasteiger partial charge in [0.15, 0.2) is 0 Å². The molecule has 0 radical (unpaired) electrons. The molecule has 0 aliphatic rings. The second kappa shape index (κ2) is 3.81. The van der Waals surface area contributed by atoms with Gasteiger partial charge in [0.25, 0.3) is 0 Å². The van der Waals surface area contributed by atoms with Gasteiger partial charge in [-0.1, -0.05) is 27.2 Å². The summed E-state index contributed by atoms with van der Waals surface area (Å²) in [5, 5.41) is 2.98. The molecule has 0 bridgehead atoms. The van der Waals surface area contributed by atoms with Crippen LogP contribution in [0.15, 0.2) is 27.8 Å². The van der Waals surface area contributed by atoms with Crippen molar-refractivity contribution < 1.29 is 0 Å². The molecular formula is C9H10BrNO. The molecule has 3 heteroatoms. The Bertz CT molecular complexity index is 299. The third-order valence-corrected chi connectivity index (χ3v) is 2.33. The van der Waals surface area contributed by atoms with Crippen molar-refractivity contribution >= 4 is 15.9 Å². The van der Waals surface area contributed by atoms with E-state index in [4.69, 9.17) is 0 Å². The van der Waals surface area contributed by atoms with Crippen LogP contribution in [0.4, 0.5) is 0 Å². The van der Waals surface area contributed by atoms with Crippen LogP contribution in [-0.4, -0.2) is 0 Å². The van der Waals surface area contributed by atoms with E-state index in [0.717, 1.165) is 15.6 Å². The van der Waals surface area contributed by atoms with Crippen LogP contribution in [0.2, 0.25) is 0 Å². The Kier molecular flexibility index (Phi) is 2.98. The molecular weight excluding hydrogens is 218 g/mol. The maximum absolute atomic E-state index is 10.3. The summed E-state index contributed by atoms with van der Waals surface area (Å²) in [7, 11) is 0. The highest BCUT2D eigenvalue weighted by molar-refractivity contribution is 9.10. The fourth-order valence-electron chi connectivity index (χ4n) is 1.16. The summed E-state index contributed by atoms with van der Waals surface area (Å²) in [6, 6.07) is 5.57. The Balaban J connectivity index is 3.09. The van der Waals surface area contributed by atoms with Gasteiger partial charge in [-0.05, 0) is 37.1 Å². The first-order valence-corrected chi connectivity index (χ1v) is 4.53. The third-order valence-electron chi connectivity index (χ3n) is 1.84. The van der Waals surface area contributed by atoms with Gasteiger partial charge in [0.2, 0.25) is 0 Å². The summed E-state index contributed by atoms with van der Waals surface area (Å²) in [5.74, 6) is 0.